The van der Waals surface area contributed by atoms with Gasteiger partial charge in [0.05, 0.1) is 19.3 Å². The molecule has 0 spiro atoms. The molecule has 0 saturated heterocycles. The standard InChI is InChI=1S/C8H6Br2O2.C7H6Br2O/c1-12-8(11)6-3-2-5(9)4-7(6)10;8-6-2-1-5(4-10)7(9)3-6/h2-4H,1H3;1-3,10H,4H2. The molecule has 0 heterocycles. The number of esters is 1. The first-order valence-electron chi connectivity index (χ1n) is 5.97. The number of aliphatic hydroxyl groups excluding tert-OH is 1. The van der Waals surface area contributed by atoms with E-state index in [9.17, 15) is 4.79 Å². The number of benzene rings is 2. The van der Waals surface area contributed by atoms with Gasteiger partial charge in [-0.15, -0.1) is 0 Å². The van der Waals surface area contributed by atoms with Gasteiger partial charge in [0.15, 0.2) is 0 Å². The van der Waals surface area contributed by atoms with Gasteiger partial charge >= 0.3 is 5.97 Å². The van der Waals surface area contributed by atoms with Crippen molar-refractivity contribution in [3.63, 3.8) is 0 Å². The van der Waals surface area contributed by atoms with Crippen LogP contribution in [-0.2, 0) is 11.3 Å². The summed E-state index contributed by atoms with van der Waals surface area (Å²) in [4.78, 5) is 11.1. The smallest absolute Gasteiger partial charge is 0.339 e. The highest BCUT2D eigenvalue weighted by molar-refractivity contribution is 9.11. The number of ether oxygens (including phenoxy) is 1. The van der Waals surface area contributed by atoms with E-state index in [4.69, 9.17) is 5.11 Å². The van der Waals surface area contributed by atoms with Crippen LogP contribution >= 0.6 is 63.7 Å². The third-order valence-corrected chi connectivity index (χ3v) is 4.90. The van der Waals surface area contributed by atoms with E-state index in [2.05, 4.69) is 68.5 Å². The summed E-state index contributed by atoms with van der Waals surface area (Å²) in [6, 6.07) is 11.0. The van der Waals surface area contributed by atoms with Crippen LogP contribution in [0.25, 0.3) is 0 Å². The number of rotatable bonds is 2. The molecule has 0 atom stereocenters. The maximum atomic E-state index is 11.1. The molecule has 7 heteroatoms. The number of halogens is 4. The molecule has 0 aliphatic carbocycles. The van der Waals surface area contributed by atoms with Gasteiger partial charge < -0.3 is 9.84 Å². The minimum Gasteiger partial charge on any atom is -0.465 e. The average Bonchev–Trinajstić information content (AvgIpc) is 2.47. The molecule has 0 bridgehead atoms. The van der Waals surface area contributed by atoms with Gasteiger partial charge in [-0.2, -0.15) is 0 Å². The zero-order chi connectivity index (χ0) is 16.7. The van der Waals surface area contributed by atoms with E-state index in [0.29, 0.717) is 5.56 Å². The van der Waals surface area contributed by atoms with E-state index in [1.165, 1.54) is 7.11 Å². The summed E-state index contributed by atoms with van der Waals surface area (Å²) in [5, 5.41) is 8.76. The molecule has 3 nitrogen and oxygen atoms in total. The molecule has 0 saturated carbocycles. The molecule has 22 heavy (non-hydrogen) atoms. The molecule has 0 amide bonds. The highest BCUT2D eigenvalue weighted by atomic mass is 79.9. The molecule has 1 N–H and O–H groups in total. The fourth-order valence-corrected chi connectivity index (χ4v) is 3.80. The van der Waals surface area contributed by atoms with Crippen molar-refractivity contribution in [2.45, 2.75) is 6.61 Å². The van der Waals surface area contributed by atoms with E-state index in [1.54, 1.807) is 18.2 Å². The number of hydrogen-bond acceptors (Lipinski definition) is 3. The topological polar surface area (TPSA) is 46.5 Å². The Morgan fingerprint density at radius 3 is 2.00 bits per heavy atom. The summed E-state index contributed by atoms with van der Waals surface area (Å²) in [6.45, 7) is 0.0772. The highest BCUT2D eigenvalue weighted by Crippen LogP contribution is 2.22. The third-order valence-electron chi connectivity index (χ3n) is 2.52. The fraction of sp³-hybridized carbons (Fsp3) is 0.133. The van der Waals surface area contributed by atoms with Gasteiger partial charge in [0, 0.05) is 17.9 Å². The molecule has 0 aromatic heterocycles. The lowest BCUT2D eigenvalue weighted by atomic mass is 10.2. The summed E-state index contributed by atoms with van der Waals surface area (Å²) in [5.74, 6) is -0.339. The Labute approximate surface area is 162 Å². The molecular formula is C15H12Br4O3. The fourth-order valence-electron chi connectivity index (χ4n) is 1.41. The maximum Gasteiger partial charge on any atom is 0.339 e. The maximum absolute atomic E-state index is 11.1. The van der Waals surface area contributed by atoms with Gasteiger partial charge in [0.1, 0.15) is 0 Å². The largest absolute Gasteiger partial charge is 0.465 e. The first-order valence-corrected chi connectivity index (χ1v) is 9.14. The molecule has 2 aromatic carbocycles. The first kappa shape index (κ1) is 19.8. The zero-order valence-corrected chi connectivity index (χ0v) is 17.8. The van der Waals surface area contributed by atoms with E-state index in [0.717, 1.165) is 23.5 Å². The van der Waals surface area contributed by atoms with Crippen LogP contribution in [0.4, 0.5) is 0 Å². The Morgan fingerprint density at radius 1 is 1.00 bits per heavy atom. The molecule has 0 fully saturated rings. The normalized spacial score (nSPS) is 9.73. The van der Waals surface area contributed by atoms with Crippen molar-refractivity contribution < 1.29 is 14.6 Å². The molecule has 0 radical (unpaired) electrons. The molecule has 2 rings (SSSR count). The van der Waals surface area contributed by atoms with Crippen LogP contribution in [0.2, 0.25) is 0 Å². The molecule has 2 aromatic rings. The van der Waals surface area contributed by atoms with Gasteiger partial charge in [-0.1, -0.05) is 53.9 Å². The van der Waals surface area contributed by atoms with Crippen LogP contribution in [0, 0.1) is 0 Å². The van der Waals surface area contributed by atoms with Gasteiger partial charge in [0.25, 0.3) is 0 Å². The van der Waals surface area contributed by atoms with Crippen LogP contribution < -0.4 is 0 Å². The van der Waals surface area contributed by atoms with Crippen LogP contribution in [-0.4, -0.2) is 18.2 Å². The Morgan fingerprint density at radius 2 is 1.55 bits per heavy atom. The van der Waals surface area contributed by atoms with Crippen molar-refractivity contribution in [1.29, 1.82) is 0 Å². The minimum atomic E-state index is -0.339. The predicted octanol–water partition coefficient (Wildman–Crippen LogP) is 5.70. The molecular weight excluding hydrogens is 548 g/mol. The summed E-state index contributed by atoms with van der Waals surface area (Å²) < 4.78 is 8.16. The van der Waals surface area contributed by atoms with Crippen LogP contribution in [0.5, 0.6) is 0 Å². The number of methoxy groups -OCH3 is 1. The summed E-state index contributed by atoms with van der Waals surface area (Å²) in [7, 11) is 1.36. The van der Waals surface area contributed by atoms with Gasteiger partial charge in [-0.3, -0.25) is 0 Å². The number of aliphatic hydroxyl groups is 1. The Balaban J connectivity index is 0.000000224. The van der Waals surface area contributed by atoms with Gasteiger partial charge in [0.2, 0.25) is 0 Å². The van der Waals surface area contributed by atoms with Crippen molar-refractivity contribution in [1.82, 2.24) is 0 Å². The summed E-state index contributed by atoms with van der Waals surface area (Å²) >= 11 is 13.2. The Kier molecular flexibility index (Phi) is 8.86. The SMILES string of the molecule is COC(=O)c1ccc(Br)cc1Br.OCc1ccc(Br)cc1Br. The van der Waals surface area contributed by atoms with E-state index in [-0.39, 0.29) is 12.6 Å². The van der Waals surface area contributed by atoms with Crippen molar-refractivity contribution in [2.75, 3.05) is 7.11 Å². The van der Waals surface area contributed by atoms with Crippen molar-refractivity contribution >= 4 is 69.7 Å². The quantitative estimate of drug-likeness (QED) is 0.480. The van der Waals surface area contributed by atoms with Gasteiger partial charge in [-0.25, -0.2) is 4.79 Å². The second-order valence-corrected chi connectivity index (χ2v) is 7.55. The summed E-state index contributed by atoms with van der Waals surface area (Å²) in [6.07, 6.45) is 0. The summed E-state index contributed by atoms with van der Waals surface area (Å²) in [5.41, 5.74) is 1.43. The van der Waals surface area contributed by atoms with Crippen LogP contribution in [0.15, 0.2) is 54.3 Å². The monoisotopic (exact) mass is 556 g/mol. The predicted molar refractivity (Wildman–Crippen MR) is 101 cm³/mol. The lowest BCUT2D eigenvalue weighted by Gasteiger charge is -2.01. The Hall–Kier alpha value is -0.210. The lowest BCUT2D eigenvalue weighted by Crippen LogP contribution is -2.01. The van der Waals surface area contributed by atoms with Crippen molar-refractivity contribution in [3.05, 3.63) is 65.4 Å². The van der Waals surface area contributed by atoms with Crippen molar-refractivity contribution in [2.24, 2.45) is 0 Å². The highest BCUT2D eigenvalue weighted by Gasteiger charge is 2.09. The zero-order valence-electron chi connectivity index (χ0n) is 11.4. The van der Waals surface area contributed by atoms with E-state index < -0.39 is 0 Å². The number of carbonyl (C=O) groups excluding carboxylic acids is 1. The number of carbonyl (C=O) groups is 1. The Bertz CT molecular complexity index is 659. The third kappa shape index (κ3) is 6.12. The minimum absolute atomic E-state index is 0.0772. The average molecular weight is 560 g/mol. The molecule has 0 aliphatic rings. The number of hydrogen-bond donors (Lipinski definition) is 1. The van der Waals surface area contributed by atoms with Gasteiger partial charge in [-0.05, 0) is 51.8 Å². The second-order valence-electron chi connectivity index (χ2n) is 4.01. The van der Waals surface area contributed by atoms with E-state index >= 15 is 0 Å². The van der Waals surface area contributed by atoms with Crippen LogP contribution in [0.1, 0.15) is 15.9 Å². The lowest BCUT2D eigenvalue weighted by molar-refractivity contribution is 0.0599. The molecule has 0 unspecified atom stereocenters. The van der Waals surface area contributed by atoms with Crippen molar-refractivity contribution in [3.8, 4) is 0 Å². The van der Waals surface area contributed by atoms with Crippen LogP contribution in [0.3, 0.4) is 0 Å². The second kappa shape index (κ2) is 9.82. The van der Waals surface area contributed by atoms with E-state index in [1.807, 2.05) is 18.2 Å². The first-order chi connectivity index (χ1) is 10.4. The molecule has 0 aliphatic heterocycles. The molecule has 118 valence electrons.